The van der Waals surface area contributed by atoms with Gasteiger partial charge in [-0.2, -0.15) is 4.98 Å². The SMILES string of the molecule is Fc1ccc(N2CCN(CCCCOc3ccc4c(n3)NCC=C4)CC2)c2ccccc12. The molecule has 2 aliphatic heterocycles. The van der Waals surface area contributed by atoms with Crippen LogP contribution in [0.4, 0.5) is 15.9 Å². The number of pyridine rings is 1. The summed E-state index contributed by atoms with van der Waals surface area (Å²) in [6.45, 7) is 6.55. The summed E-state index contributed by atoms with van der Waals surface area (Å²) in [4.78, 5) is 9.43. The lowest BCUT2D eigenvalue weighted by Crippen LogP contribution is -2.46. The number of fused-ring (bicyclic) bond motifs is 2. The third-order valence-electron chi connectivity index (χ3n) is 6.27. The number of benzene rings is 2. The van der Waals surface area contributed by atoms with E-state index < -0.39 is 0 Å². The molecule has 2 aliphatic rings. The van der Waals surface area contributed by atoms with Crippen LogP contribution in [0, 0.1) is 5.82 Å². The van der Waals surface area contributed by atoms with Crippen LogP contribution in [-0.4, -0.2) is 55.8 Å². The van der Waals surface area contributed by atoms with Crippen molar-refractivity contribution >= 4 is 28.4 Å². The first kappa shape index (κ1) is 20.8. The standard InChI is InChI=1S/C26H29FN4O/c27-23-10-11-24(22-8-2-1-7-21(22)23)31-17-15-30(16-18-31)14-3-4-19-32-25-12-9-20-6-5-13-28-26(20)29-25/h1-2,5-12H,3-4,13-19H2,(H,28,29). The second kappa shape index (κ2) is 9.57. The Bertz CT molecular complexity index is 1110. The van der Waals surface area contributed by atoms with E-state index in [9.17, 15) is 4.39 Å². The lowest BCUT2D eigenvalue weighted by molar-refractivity contribution is 0.237. The number of nitrogens with zero attached hydrogens (tertiary/aromatic N) is 3. The Morgan fingerprint density at radius 1 is 0.938 bits per heavy atom. The summed E-state index contributed by atoms with van der Waals surface area (Å²) in [5, 5.41) is 4.97. The van der Waals surface area contributed by atoms with Crippen LogP contribution in [-0.2, 0) is 0 Å². The largest absolute Gasteiger partial charge is 0.478 e. The van der Waals surface area contributed by atoms with E-state index in [1.165, 1.54) is 0 Å². The van der Waals surface area contributed by atoms with Crippen molar-refractivity contribution in [2.75, 3.05) is 56.1 Å². The summed E-state index contributed by atoms with van der Waals surface area (Å²) in [5.41, 5.74) is 2.24. The molecule has 0 atom stereocenters. The fraction of sp³-hybridized carbons (Fsp3) is 0.346. The molecule has 0 unspecified atom stereocenters. The molecule has 1 aromatic heterocycles. The lowest BCUT2D eigenvalue weighted by Gasteiger charge is -2.36. The van der Waals surface area contributed by atoms with Gasteiger partial charge in [0, 0.05) is 60.8 Å². The average molecular weight is 433 g/mol. The zero-order chi connectivity index (χ0) is 21.8. The van der Waals surface area contributed by atoms with Gasteiger partial charge in [-0.05, 0) is 37.6 Å². The Kier molecular flexibility index (Phi) is 6.21. The lowest BCUT2D eigenvalue weighted by atomic mass is 10.1. The van der Waals surface area contributed by atoms with Gasteiger partial charge in [0.2, 0.25) is 5.88 Å². The zero-order valence-corrected chi connectivity index (χ0v) is 18.3. The van der Waals surface area contributed by atoms with Crippen LogP contribution < -0.4 is 15.0 Å². The molecular weight excluding hydrogens is 403 g/mol. The Morgan fingerprint density at radius 2 is 1.78 bits per heavy atom. The Labute approximate surface area is 188 Å². The quantitative estimate of drug-likeness (QED) is 0.544. The second-order valence-corrected chi connectivity index (χ2v) is 8.37. The Hall–Kier alpha value is -3.12. The minimum atomic E-state index is -0.149. The van der Waals surface area contributed by atoms with E-state index in [1.807, 2.05) is 42.5 Å². The molecule has 3 heterocycles. The first-order valence-corrected chi connectivity index (χ1v) is 11.5. The van der Waals surface area contributed by atoms with Gasteiger partial charge in [-0.3, -0.25) is 4.90 Å². The summed E-state index contributed by atoms with van der Waals surface area (Å²) in [6, 6.07) is 15.3. The summed E-state index contributed by atoms with van der Waals surface area (Å²) < 4.78 is 20.0. The number of anilines is 2. The molecule has 0 aliphatic carbocycles. The van der Waals surface area contributed by atoms with Crippen LogP contribution in [0.1, 0.15) is 18.4 Å². The van der Waals surface area contributed by atoms with Gasteiger partial charge in [0.15, 0.2) is 0 Å². The second-order valence-electron chi connectivity index (χ2n) is 8.37. The van der Waals surface area contributed by atoms with Crippen molar-refractivity contribution in [1.29, 1.82) is 0 Å². The monoisotopic (exact) mass is 432 g/mol. The predicted octanol–water partition coefficient (Wildman–Crippen LogP) is 4.79. The van der Waals surface area contributed by atoms with Gasteiger partial charge in [-0.1, -0.05) is 36.4 Å². The highest BCUT2D eigenvalue weighted by molar-refractivity contribution is 5.94. The molecule has 0 radical (unpaired) electrons. The van der Waals surface area contributed by atoms with E-state index in [-0.39, 0.29) is 5.82 Å². The van der Waals surface area contributed by atoms with Gasteiger partial charge in [-0.25, -0.2) is 4.39 Å². The number of rotatable bonds is 7. The Balaban J connectivity index is 1.06. The van der Waals surface area contributed by atoms with Crippen LogP contribution in [0.3, 0.4) is 0 Å². The summed E-state index contributed by atoms with van der Waals surface area (Å²) in [6.07, 6.45) is 6.29. The first-order chi connectivity index (χ1) is 15.8. The number of unbranched alkanes of at least 4 members (excludes halogenated alkanes) is 1. The van der Waals surface area contributed by atoms with Gasteiger partial charge < -0.3 is 15.0 Å². The molecule has 0 bridgehead atoms. The maximum Gasteiger partial charge on any atom is 0.215 e. The molecule has 1 N–H and O–H groups in total. The normalized spacial score (nSPS) is 16.1. The number of piperazine rings is 1. The fourth-order valence-electron chi connectivity index (χ4n) is 4.50. The number of aromatic nitrogens is 1. The molecule has 6 heteroatoms. The van der Waals surface area contributed by atoms with E-state index in [0.29, 0.717) is 17.9 Å². The highest BCUT2D eigenvalue weighted by Crippen LogP contribution is 2.29. The molecule has 0 spiro atoms. The van der Waals surface area contributed by atoms with Crippen molar-refractivity contribution in [3.8, 4) is 5.88 Å². The average Bonchev–Trinajstić information content (AvgIpc) is 2.85. The molecule has 0 amide bonds. The smallest absolute Gasteiger partial charge is 0.215 e. The van der Waals surface area contributed by atoms with Crippen molar-refractivity contribution in [3.63, 3.8) is 0 Å². The van der Waals surface area contributed by atoms with E-state index in [0.717, 1.165) is 74.6 Å². The van der Waals surface area contributed by atoms with Crippen molar-refractivity contribution in [2.45, 2.75) is 12.8 Å². The minimum Gasteiger partial charge on any atom is -0.478 e. The van der Waals surface area contributed by atoms with Crippen LogP contribution in [0.25, 0.3) is 16.8 Å². The molecule has 3 aromatic rings. The molecule has 5 rings (SSSR count). The molecule has 166 valence electrons. The van der Waals surface area contributed by atoms with E-state index >= 15 is 0 Å². The fourth-order valence-corrected chi connectivity index (χ4v) is 4.50. The number of halogens is 1. The van der Waals surface area contributed by atoms with E-state index in [1.54, 1.807) is 6.07 Å². The number of hydrogen-bond donors (Lipinski definition) is 1. The van der Waals surface area contributed by atoms with E-state index in [2.05, 4.69) is 32.3 Å². The highest BCUT2D eigenvalue weighted by atomic mass is 19.1. The van der Waals surface area contributed by atoms with Crippen LogP contribution >= 0.6 is 0 Å². The number of ether oxygens (including phenoxy) is 1. The minimum absolute atomic E-state index is 0.149. The topological polar surface area (TPSA) is 40.6 Å². The highest BCUT2D eigenvalue weighted by Gasteiger charge is 2.19. The molecule has 2 aromatic carbocycles. The van der Waals surface area contributed by atoms with Gasteiger partial charge in [-0.15, -0.1) is 0 Å². The van der Waals surface area contributed by atoms with Crippen molar-refractivity contribution in [1.82, 2.24) is 9.88 Å². The third kappa shape index (κ3) is 4.55. The Morgan fingerprint density at radius 3 is 2.66 bits per heavy atom. The van der Waals surface area contributed by atoms with Crippen LogP contribution in [0.2, 0.25) is 0 Å². The molecular formula is C26H29FN4O. The predicted molar refractivity (Wildman–Crippen MR) is 129 cm³/mol. The molecule has 5 nitrogen and oxygen atoms in total. The molecule has 1 fully saturated rings. The molecule has 32 heavy (non-hydrogen) atoms. The zero-order valence-electron chi connectivity index (χ0n) is 18.3. The van der Waals surface area contributed by atoms with Crippen molar-refractivity contribution in [3.05, 3.63) is 66.0 Å². The summed E-state index contributed by atoms with van der Waals surface area (Å²) >= 11 is 0. The number of nitrogens with one attached hydrogen (secondary N) is 1. The summed E-state index contributed by atoms with van der Waals surface area (Å²) in [5.74, 6) is 1.44. The van der Waals surface area contributed by atoms with Gasteiger partial charge in [0.1, 0.15) is 11.6 Å². The summed E-state index contributed by atoms with van der Waals surface area (Å²) in [7, 11) is 0. The van der Waals surface area contributed by atoms with Gasteiger partial charge in [0.05, 0.1) is 6.61 Å². The molecule has 1 saturated heterocycles. The van der Waals surface area contributed by atoms with Crippen molar-refractivity contribution < 1.29 is 9.13 Å². The molecule has 0 saturated carbocycles. The van der Waals surface area contributed by atoms with Crippen LogP contribution in [0.15, 0.2) is 54.6 Å². The van der Waals surface area contributed by atoms with E-state index in [4.69, 9.17) is 4.74 Å². The van der Waals surface area contributed by atoms with Crippen molar-refractivity contribution in [2.24, 2.45) is 0 Å². The third-order valence-corrected chi connectivity index (χ3v) is 6.27. The van der Waals surface area contributed by atoms with Crippen LogP contribution in [0.5, 0.6) is 5.88 Å². The maximum atomic E-state index is 14.1. The maximum absolute atomic E-state index is 14.1. The first-order valence-electron chi connectivity index (χ1n) is 11.5. The van der Waals surface area contributed by atoms with Gasteiger partial charge in [0.25, 0.3) is 0 Å². The number of hydrogen-bond acceptors (Lipinski definition) is 5. The van der Waals surface area contributed by atoms with Gasteiger partial charge >= 0.3 is 0 Å².